The number of ether oxygens (including phenoxy) is 2. The summed E-state index contributed by atoms with van der Waals surface area (Å²) in [4.78, 5) is 13.0. The molecule has 1 amide bonds. The zero-order valence-corrected chi connectivity index (χ0v) is 20.5. The predicted molar refractivity (Wildman–Crippen MR) is 131 cm³/mol. The first-order chi connectivity index (χ1) is 16.2. The van der Waals surface area contributed by atoms with Crippen molar-refractivity contribution in [2.24, 2.45) is 0 Å². The van der Waals surface area contributed by atoms with E-state index in [-0.39, 0.29) is 22.4 Å². The highest BCUT2D eigenvalue weighted by Crippen LogP contribution is 2.32. The maximum Gasteiger partial charge on any atom is 0.262 e. The van der Waals surface area contributed by atoms with Gasteiger partial charge in [-0.1, -0.05) is 24.3 Å². The monoisotopic (exact) mass is 480 g/mol. The molecule has 0 aliphatic carbocycles. The van der Waals surface area contributed by atoms with Crippen molar-refractivity contribution in [3.8, 4) is 11.5 Å². The van der Waals surface area contributed by atoms with E-state index in [1.54, 1.807) is 31.2 Å². The summed E-state index contributed by atoms with van der Waals surface area (Å²) in [5.74, 6) is 0.954. The van der Waals surface area contributed by atoms with Crippen LogP contribution in [0.2, 0.25) is 0 Å². The SMILES string of the molecule is Cc1ccc(C(=O)N[C@@H](C)c2ccc3c(c2)OCCO3)cc1S(=O)(=O)Nc1cccc(C)c1C. The zero-order chi connectivity index (χ0) is 24.5. The van der Waals surface area contributed by atoms with Gasteiger partial charge in [-0.05, 0) is 80.3 Å². The van der Waals surface area contributed by atoms with Gasteiger partial charge in [0.05, 0.1) is 16.6 Å². The van der Waals surface area contributed by atoms with Crippen molar-refractivity contribution in [1.29, 1.82) is 0 Å². The number of fused-ring (bicyclic) bond motifs is 1. The molecule has 0 unspecified atom stereocenters. The highest BCUT2D eigenvalue weighted by atomic mass is 32.2. The molecule has 7 nitrogen and oxygen atoms in total. The zero-order valence-electron chi connectivity index (χ0n) is 19.6. The van der Waals surface area contributed by atoms with Gasteiger partial charge in [0.2, 0.25) is 0 Å². The Bertz CT molecular complexity index is 1350. The summed E-state index contributed by atoms with van der Waals surface area (Å²) in [5, 5.41) is 2.93. The van der Waals surface area contributed by atoms with Gasteiger partial charge in [0.25, 0.3) is 15.9 Å². The molecule has 3 aromatic rings. The number of nitrogens with one attached hydrogen (secondary N) is 2. The molecule has 0 aromatic heterocycles. The van der Waals surface area contributed by atoms with E-state index in [4.69, 9.17) is 9.47 Å². The van der Waals surface area contributed by atoms with Crippen molar-refractivity contribution in [2.75, 3.05) is 17.9 Å². The number of hydrogen-bond acceptors (Lipinski definition) is 5. The van der Waals surface area contributed by atoms with Gasteiger partial charge in [0, 0.05) is 5.56 Å². The van der Waals surface area contributed by atoms with Crippen LogP contribution in [0, 0.1) is 20.8 Å². The Morgan fingerprint density at radius 2 is 1.65 bits per heavy atom. The molecule has 34 heavy (non-hydrogen) atoms. The number of anilines is 1. The molecule has 4 rings (SSSR count). The fraction of sp³-hybridized carbons (Fsp3) is 0.269. The van der Waals surface area contributed by atoms with Crippen molar-refractivity contribution in [2.45, 2.75) is 38.6 Å². The maximum atomic E-state index is 13.2. The van der Waals surface area contributed by atoms with Crippen molar-refractivity contribution >= 4 is 21.6 Å². The molecule has 1 atom stereocenters. The van der Waals surface area contributed by atoms with Gasteiger partial charge in [-0.2, -0.15) is 0 Å². The van der Waals surface area contributed by atoms with E-state index in [2.05, 4.69) is 10.0 Å². The van der Waals surface area contributed by atoms with Gasteiger partial charge >= 0.3 is 0 Å². The number of carbonyl (C=O) groups is 1. The lowest BCUT2D eigenvalue weighted by Gasteiger charge is -2.21. The fourth-order valence-electron chi connectivity index (χ4n) is 3.78. The third kappa shape index (κ3) is 4.87. The van der Waals surface area contributed by atoms with Crippen molar-refractivity contribution in [3.05, 3.63) is 82.4 Å². The summed E-state index contributed by atoms with van der Waals surface area (Å²) >= 11 is 0. The molecule has 178 valence electrons. The Morgan fingerprint density at radius 3 is 2.41 bits per heavy atom. The second-order valence-corrected chi connectivity index (χ2v) is 10.1. The van der Waals surface area contributed by atoms with E-state index in [1.165, 1.54) is 6.07 Å². The Hall–Kier alpha value is -3.52. The lowest BCUT2D eigenvalue weighted by molar-refractivity contribution is 0.0939. The van der Waals surface area contributed by atoms with Gasteiger partial charge in [-0.3, -0.25) is 9.52 Å². The highest BCUT2D eigenvalue weighted by molar-refractivity contribution is 7.92. The summed E-state index contributed by atoms with van der Waals surface area (Å²) in [6, 6.07) is 15.3. The number of aryl methyl sites for hydroxylation is 2. The summed E-state index contributed by atoms with van der Waals surface area (Å²) < 4.78 is 40.2. The molecule has 8 heteroatoms. The number of sulfonamides is 1. The normalized spacial score (nSPS) is 13.8. The average molecular weight is 481 g/mol. The van der Waals surface area contributed by atoms with Crippen molar-refractivity contribution in [3.63, 3.8) is 0 Å². The smallest absolute Gasteiger partial charge is 0.262 e. The molecule has 0 spiro atoms. The third-order valence-corrected chi connectivity index (χ3v) is 7.51. The summed E-state index contributed by atoms with van der Waals surface area (Å²) in [6.07, 6.45) is 0. The van der Waals surface area contributed by atoms with Crippen molar-refractivity contribution < 1.29 is 22.7 Å². The largest absolute Gasteiger partial charge is 0.486 e. The van der Waals surface area contributed by atoms with Gasteiger partial charge in [0.15, 0.2) is 11.5 Å². The molecule has 0 fully saturated rings. The van der Waals surface area contributed by atoms with E-state index >= 15 is 0 Å². The summed E-state index contributed by atoms with van der Waals surface area (Å²) in [7, 11) is -3.89. The average Bonchev–Trinajstić information content (AvgIpc) is 2.81. The lowest BCUT2D eigenvalue weighted by atomic mass is 10.1. The van der Waals surface area contributed by atoms with Crippen LogP contribution < -0.4 is 19.5 Å². The number of hydrogen-bond donors (Lipinski definition) is 2. The van der Waals surface area contributed by atoms with Crippen LogP contribution >= 0.6 is 0 Å². The molecule has 1 heterocycles. The minimum Gasteiger partial charge on any atom is -0.486 e. The Morgan fingerprint density at radius 1 is 0.912 bits per heavy atom. The number of benzene rings is 3. The van der Waals surface area contributed by atoms with Crippen LogP contribution in [0.25, 0.3) is 0 Å². The number of rotatable bonds is 6. The highest BCUT2D eigenvalue weighted by Gasteiger charge is 2.22. The molecular formula is C26H28N2O5S. The minimum absolute atomic E-state index is 0.0630. The Balaban J connectivity index is 1.55. The molecule has 1 aliphatic heterocycles. The van der Waals surface area contributed by atoms with Crippen LogP contribution in [0.5, 0.6) is 11.5 Å². The van der Waals surface area contributed by atoms with E-state index < -0.39 is 10.0 Å². The van der Waals surface area contributed by atoms with Crippen LogP contribution in [0.3, 0.4) is 0 Å². The molecule has 2 N–H and O–H groups in total. The third-order valence-electron chi connectivity index (χ3n) is 6.00. The molecule has 3 aromatic carbocycles. The van der Waals surface area contributed by atoms with Crippen LogP contribution in [0.15, 0.2) is 59.5 Å². The van der Waals surface area contributed by atoms with Gasteiger partial charge < -0.3 is 14.8 Å². The topological polar surface area (TPSA) is 93.7 Å². The van der Waals surface area contributed by atoms with Gasteiger partial charge in [0.1, 0.15) is 13.2 Å². The Labute approximate surface area is 200 Å². The number of amides is 1. The Kier molecular flexibility index (Phi) is 6.52. The predicted octanol–water partition coefficient (Wildman–Crippen LogP) is 4.67. The van der Waals surface area contributed by atoms with E-state index in [1.807, 2.05) is 45.0 Å². The molecule has 0 saturated heterocycles. The molecule has 0 bridgehead atoms. The van der Waals surface area contributed by atoms with Gasteiger partial charge in [-0.15, -0.1) is 0 Å². The van der Waals surface area contributed by atoms with E-state index in [0.717, 1.165) is 16.7 Å². The molecule has 0 saturated carbocycles. The standard InChI is InChI=1S/C26H28N2O5S/c1-16-6-5-7-22(18(16)3)28-34(30,31)25-15-21(9-8-17(25)2)26(29)27-19(4)20-10-11-23-24(14-20)33-13-12-32-23/h5-11,14-15,19,28H,12-13H2,1-4H3,(H,27,29)/t19-/m0/s1. The second-order valence-electron chi connectivity index (χ2n) is 8.43. The van der Waals surface area contributed by atoms with Crippen LogP contribution in [-0.4, -0.2) is 27.5 Å². The number of carbonyl (C=O) groups excluding carboxylic acids is 1. The van der Waals surface area contributed by atoms with Crippen LogP contribution in [0.1, 0.15) is 45.6 Å². The molecular weight excluding hydrogens is 452 g/mol. The van der Waals surface area contributed by atoms with E-state index in [0.29, 0.717) is 36.0 Å². The molecule has 1 aliphatic rings. The van der Waals surface area contributed by atoms with Crippen LogP contribution in [-0.2, 0) is 10.0 Å². The quantitative estimate of drug-likeness (QED) is 0.535. The summed E-state index contributed by atoms with van der Waals surface area (Å²) in [5.41, 5.74) is 4.02. The second kappa shape index (κ2) is 9.38. The first-order valence-corrected chi connectivity index (χ1v) is 12.5. The first kappa shape index (κ1) is 23.6. The first-order valence-electron chi connectivity index (χ1n) is 11.1. The fourth-order valence-corrected chi connectivity index (χ4v) is 5.18. The van der Waals surface area contributed by atoms with Crippen molar-refractivity contribution in [1.82, 2.24) is 5.32 Å². The lowest BCUT2D eigenvalue weighted by Crippen LogP contribution is -2.27. The molecule has 0 radical (unpaired) electrons. The summed E-state index contributed by atoms with van der Waals surface area (Å²) in [6.45, 7) is 8.34. The minimum atomic E-state index is -3.89. The van der Waals surface area contributed by atoms with Crippen LogP contribution in [0.4, 0.5) is 5.69 Å². The maximum absolute atomic E-state index is 13.2. The van der Waals surface area contributed by atoms with Gasteiger partial charge in [-0.25, -0.2) is 8.42 Å². The van der Waals surface area contributed by atoms with E-state index in [9.17, 15) is 13.2 Å².